The predicted molar refractivity (Wildman–Crippen MR) is 70.6 cm³/mol. The Labute approximate surface area is 125 Å². The van der Waals surface area contributed by atoms with E-state index in [-0.39, 0.29) is 29.3 Å². The maximum Gasteiger partial charge on any atom is 0.314 e. The molecule has 1 aromatic carbocycles. The second-order valence-corrected chi connectivity index (χ2v) is 5.63. The number of non-ortho nitro benzene ring substituents is 1. The lowest BCUT2D eigenvalue weighted by atomic mass is 10.1. The third-order valence-corrected chi connectivity index (χ3v) is 4.54. The van der Waals surface area contributed by atoms with Crippen molar-refractivity contribution in [1.29, 1.82) is 0 Å². The number of benzene rings is 1. The van der Waals surface area contributed by atoms with Crippen LogP contribution in [0.1, 0.15) is 17.2 Å². The number of carbonyl (C=O) groups excluding carboxylic acids is 1. The van der Waals surface area contributed by atoms with Crippen LogP contribution in [-0.2, 0) is 4.79 Å². The molecular weight excluding hydrogens is 302 g/mol. The van der Waals surface area contributed by atoms with Crippen molar-refractivity contribution in [3.63, 3.8) is 0 Å². The zero-order valence-corrected chi connectivity index (χ0v) is 12.0. The van der Waals surface area contributed by atoms with Gasteiger partial charge in [-0.25, -0.2) is 4.79 Å². The standard InChI is InChI=1S/C12H11N3O3S.ClH/c16-11-7-10(19-12-13-4-5-14(11)12)8-2-1-3-9(6-8)15(17)18;/h1-3,6,10H,4-5,7H2;1H. The Morgan fingerprint density at radius 3 is 3.00 bits per heavy atom. The van der Waals surface area contributed by atoms with Crippen molar-refractivity contribution < 1.29 is 27.1 Å². The molecule has 0 spiro atoms. The highest BCUT2D eigenvalue weighted by Gasteiger charge is 2.41. The molecule has 1 N–H and O–H groups in total. The average Bonchev–Trinajstić information content (AvgIpc) is 2.87. The Morgan fingerprint density at radius 1 is 1.45 bits per heavy atom. The first kappa shape index (κ1) is 14.8. The van der Waals surface area contributed by atoms with E-state index in [0.29, 0.717) is 13.0 Å². The molecule has 2 aliphatic rings. The van der Waals surface area contributed by atoms with Crippen molar-refractivity contribution in [2.75, 3.05) is 13.1 Å². The molecule has 0 radical (unpaired) electrons. The minimum absolute atomic E-state index is 0. The van der Waals surface area contributed by atoms with E-state index in [1.54, 1.807) is 28.8 Å². The van der Waals surface area contributed by atoms with E-state index < -0.39 is 4.92 Å². The number of nitro groups is 1. The molecule has 1 atom stereocenters. The van der Waals surface area contributed by atoms with Gasteiger partial charge in [-0.3, -0.25) is 15.1 Å². The van der Waals surface area contributed by atoms with Crippen molar-refractivity contribution in [2.45, 2.75) is 11.7 Å². The minimum Gasteiger partial charge on any atom is -1.00 e. The molecular formula is C12H12ClN3O3S. The summed E-state index contributed by atoms with van der Waals surface area (Å²) in [6.07, 6.45) is 0.386. The minimum atomic E-state index is -0.411. The van der Waals surface area contributed by atoms with Crippen LogP contribution in [0, 0.1) is 10.1 Å². The van der Waals surface area contributed by atoms with E-state index in [4.69, 9.17) is 0 Å². The van der Waals surface area contributed by atoms with Crippen LogP contribution in [0.25, 0.3) is 0 Å². The van der Waals surface area contributed by atoms with Gasteiger partial charge in [0, 0.05) is 12.1 Å². The van der Waals surface area contributed by atoms with Gasteiger partial charge in [-0.15, -0.1) is 0 Å². The Kier molecular flexibility index (Phi) is 4.29. The molecule has 6 nitrogen and oxygen atoms in total. The SMILES string of the molecule is O=C1CC(c2cccc([N+](=O)[O-])c2)SC2=[NH+]CCN12.[Cl-]. The number of fused-ring (bicyclic) bond motifs is 1. The van der Waals surface area contributed by atoms with E-state index >= 15 is 0 Å². The number of hydrogen-bond donors (Lipinski definition) is 1. The number of nitrogens with one attached hydrogen (secondary N) is 1. The maximum atomic E-state index is 12.0. The van der Waals surface area contributed by atoms with E-state index in [1.807, 2.05) is 6.07 Å². The zero-order valence-electron chi connectivity index (χ0n) is 10.4. The second-order valence-electron chi connectivity index (χ2n) is 4.44. The predicted octanol–water partition coefficient (Wildman–Crippen LogP) is -2.94. The second kappa shape index (κ2) is 5.80. The third kappa shape index (κ3) is 2.64. The number of amides is 1. The quantitative estimate of drug-likeness (QED) is 0.468. The molecule has 2 aliphatic heterocycles. The molecule has 0 aromatic heterocycles. The van der Waals surface area contributed by atoms with Gasteiger partial charge < -0.3 is 12.4 Å². The van der Waals surface area contributed by atoms with E-state index in [0.717, 1.165) is 17.3 Å². The van der Waals surface area contributed by atoms with Gasteiger partial charge in [0.2, 0.25) is 0 Å². The fraction of sp³-hybridized carbons (Fsp3) is 0.333. The summed E-state index contributed by atoms with van der Waals surface area (Å²) in [7, 11) is 0. The Hall–Kier alpha value is -1.60. The molecule has 20 heavy (non-hydrogen) atoms. The Morgan fingerprint density at radius 2 is 2.25 bits per heavy atom. The Balaban J connectivity index is 0.00000147. The summed E-state index contributed by atoms with van der Waals surface area (Å²) < 4.78 is 0. The molecule has 1 saturated heterocycles. The van der Waals surface area contributed by atoms with Gasteiger partial charge in [-0.2, -0.15) is 4.90 Å². The molecule has 1 aromatic rings. The molecule has 1 unspecified atom stereocenters. The maximum absolute atomic E-state index is 12.0. The van der Waals surface area contributed by atoms with Crippen LogP contribution >= 0.6 is 11.8 Å². The summed E-state index contributed by atoms with van der Waals surface area (Å²) in [6, 6.07) is 6.52. The van der Waals surface area contributed by atoms with Crippen LogP contribution in [0.5, 0.6) is 0 Å². The van der Waals surface area contributed by atoms with Gasteiger partial charge in [0.15, 0.2) is 0 Å². The van der Waals surface area contributed by atoms with E-state index in [1.165, 1.54) is 6.07 Å². The molecule has 8 heteroatoms. The number of thioether (sulfide) groups is 1. The molecule has 1 amide bonds. The summed E-state index contributed by atoms with van der Waals surface area (Å²) >= 11 is 1.57. The van der Waals surface area contributed by atoms with Crippen LogP contribution in [0.3, 0.4) is 0 Å². The van der Waals surface area contributed by atoms with Crippen molar-refractivity contribution in [3.05, 3.63) is 39.9 Å². The van der Waals surface area contributed by atoms with Crippen LogP contribution in [-0.4, -0.2) is 34.0 Å². The fourth-order valence-electron chi connectivity index (χ4n) is 2.28. The first-order valence-electron chi connectivity index (χ1n) is 5.97. The number of nitrogens with zero attached hydrogens (tertiary/aromatic N) is 2. The molecule has 0 saturated carbocycles. The number of hydrogen-bond acceptors (Lipinski definition) is 4. The summed E-state index contributed by atoms with van der Waals surface area (Å²) in [5.74, 6) is 0.0789. The monoisotopic (exact) mass is 313 g/mol. The zero-order chi connectivity index (χ0) is 13.4. The fourth-order valence-corrected chi connectivity index (χ4v) is 3.57. The van der Waals surface area contributed by atoms with Crippen LogP contribution in [0.15, 0.2) is 24.3 Å². The van der Waals surface area contributed by atoms with Crippen LogP contribution < -0.4 is 17.4 Å². The average molecular weight is 314 g/mol. The highest BCUT2D eigenvalue weighted by Crippen LogP contribution is 2.38. The normalized spacial score (nSPS) is 21.0. The van der Waals surface area contributed by atoms with Gasteiger partial charge >= 0.3 is 11.1 Å². The van der Waals surface area contributed by atoms with Crippen molar-refractivity contribution in [2.24, 2.45) is 0 Å². The molecule has 106 valence electrons. The van der Waals surface area contributed by atoms with Crippen molar-refractivity contribution >= 4 is 28.5 Å². The van der Waals surface area contributed by atoms with Gasteiger partial charge in [-0.05, 0) is 17.3 Å². The lowest BCUT2D eigenvalue weighted by Crippen LogP contribution is -3.00. The van der Waals surface area contributed by atoms with E-state index in [9.17, 15) is 14.9 Å². The number of nitro benzene ring substituents is 1. The van der Waals surface area contributed by atoms with Gasteiger partial charge in [0.25, 0.3) is 5.69 Å². The van der Waals surface area contributed by atoms with Crippen molar-refractivity contribution in [1.82, 2.24) is 4.90 Å². The summed E-state index contributed by atoms with van der Waals surface area (Å²) in [5, 5.41) is 11.6. The summed E-state index contributed by atoms with van der Waals surface area (Å²) in [4.78, 5) is 27.3. The first-order chi connectivity index (χ1) is 9.15. The van der Waals surface area contributed by atoms with Gasteiger partial charge in [0.1, 0.15) is 13.1 Å². The lowest BCUT2D eigenvalue weighted by Gasteiger charge is -2.22. The number of amidine groups is 1. The van der Waals surface area contributed by atoms with Crippen molar-refractivity contribution in [3.8, 4) is 0 Å². The van der Waals surface area contributed by atoms with Crippen LogP contribution in [0.4, 0.5) is 5.69 Å². The highest BCUT2D eigenvalue weighted by molar-refractivity contribution is 8.13. The van der Waals surface area contributed by atoms with Gasteiger partial charge in [0.05, 0.1) is 16.6 Å². The van der Waals surface area contributed by atoms with Crippen LogP contribution in [0.2, 0.25) is 0 Å². The lowest BCUT2D eigenvalue weighted by molar-refractivity contribution is -0.441. The molecule has 0 aliphatic carbocycles. The third-order valence-electron chi connectivity index (χ3n) is 3.22. The number of halogens is 1. The molecule has 1 fully saturated rings. The number of rotatable bonds is 2. The summed E-state index contributed by atoms with van der Waals surface area (Å²) in [6.45, 7) is 1.48. The van der Waals surface area contributed by atoms with Gasteiger partial charge in [-0.1, -0.05) is 12.1 Å². The van der Waals surface area contributed by atoms with E-state index in [2.05, 4.69) is 4.99 Å². The largest absolute Gasteiger partial charge is 1.00 e. The Bertz CT molecular complexity index is 593. The summed E-state index contributed by atoms with van der Waals surface area (Å²) in [5.41, 5.74) is 0.894. The highest BCUT2D eigenvalue weighted by atomic mass is 35.5. The smallest absolute Gasteiger partial charge is 0.314 e. The first-order valence-corrected chi connectivity index (χ1v) is 6.85. The number of carbonyl (C=O) groups is 1. The molecule has 0 bridgehead atoms. The molecule has 2 heterocycles. The molecule has 3 rings (SSSR count). The topological polar surface area (TPSA) is 77.4 Å².